The quantitative estimate of drug-likeness (QED) is 0.925. The molecule has 20 heavy (non-hydrogen) atoms. The molecule has 110 valence electrons. The van der Waals surface area contributed by atoms with Crippen LogP contribution >= 0.6 is 0 Å². The number of benzene rings is 1. The molecule has 0 amide bonds. The highest BCUT2D eigenvalue weighted by molar-refractivity contribution is 7.89. The summed E-state index contributed by atoms with van der Waals surface area (Å²) in [6.07, 6.45) is 3.62. The van der Waals surface area contributed by atoms with Crippen LogP contribution in [0.4, 0.5) is 0 Å². The molecule has 1 heterocycles. The second-order valence-corrected chi connectivity index (χ2v) is 7.98. The van der Waals surface area contributed by atoms with Crippen molar-refractivity contribution in [2.24, 2.45) is 17.6 Å². The normalized spacial score (nSPS) is 26.9. The molecule has 2 fully saturated rings. The lowest BCUT2D eigenvalue weighted by Crippen LogP contribution is -2.30. The lowest BCUT2D eigenvalue weighted by molar-refractivity contribution is 0.445. The van der Waals surface area contributed by atoms with Gasteiger partial charge in [0, 0.05) is 19.6 Å². The fraction of sp³-hybridized carbons (Fsp3) is 0.600. The highest BCUT2D eigenvalue weighted by Crippen LogP contribution is 2.40. The lowest BCUT2D eigenvalue weighted by atomic mass is 10.0. The number of fused-ring (bicyclic) bond motifs is 1. The molecule has 2 N–H and O–H groups in total. The van der Waals surface area contributed by atoms with Crippen molar-refractivity contribution in [2.75, 3.05) is 13.1 Å². The minimum Gasteiger partial charge on any atom is -0.326 e. The van der Waals surface area contributed by atoms with E-state index in [0.717, 1.165) is 11.1 Å². The summed E-state index contributed by atoms with van der Waals surface area (Å²) in [5.74, 6) is 1.15. The Morgan fingerprint density at radius 1 is 1.25 bits per heavy atom. The van der Waals surface area contributed by atoms with Crippen LogP contribution in [0.1, 0.15) is 30.4 Å². The van der Waals surface area contributed by atoms with E-state index in [2.05, 4.69) is 0 Å². The van der Waals surface area contributed by atoms with E-state index in [1.165, 1.54) is 19.3 Å². The fourth-order valence-electron chi connectivity index (χ4n) is 3.66. The first-order valence-electron chi connectivity index (χ1n) is 7.32. The average Bonchev–Trinajstić information content (AvgIpc) is 2.99. The molecule has 2 unspecified atom stereocenters. The topological polar surface area (TPSA) is 63.4 Å². The van der Waals surface area contributed by atoms with Crippen molar-refractivity contribution in [2.45, 2.75) is 37.6 Å². The highest BCUT2D eigenvalue weighted by Gasteiger charge is 2.41. The van der Waals surface area contributed by atoms with Gasteiger partial charge in [-0.05, 0) is 48.8 Å². The second kappa shape index (κ2) is 5.13. The van der Waals surface area contributed by atoms with Gasteiger partial charge in [0.05, 0.1) is 4.90 Å². The van der Waals surface area contributed by atoms with Crippen LogP contribution in [0.5, 0.6) is 0 Å². The van der Waals surface area contributed by atoms with Crippen LogP contribution in [0.15, 0.2) is 23.1 Å². The van der Waals surface area contributed by atoms with Gasteiger partial charge in [0.1, 0.15) is 0 Å². The molecule has 0 aromatic heterocycles. The number of sulfonamides is 1. The van der Waals surface area contributed by atoms with Crippen molar-refractivity contribution in [3.05, 3.63) is 29.3 Å². The summed E-state index contributed by atoms with van der Waals surface area (Å²) < 4.78 is 27.2. The van der Waals surface area contributed by atoms with E-state index >= 15 is 0 Å². The third kappa shape index (κ3) is 2.28. The first-order chi connectivity index (χ1) is 9.52. The SMILES string of the molecule is Cc1cc(CN)ccc1S(=O)(=O)N1CC2CCCC2C1. The monoisotopic (exact) mass is 294 g/mol. The van der Waals surface area contributed by atoms with Crippen molar-refractivity contribution in [3.8, 4) is 0 Å². The number of nitrogens with two attached hydrogens (primary N) is 1. The standard InChI is InChI=1S/C15H22N2O2S/c1-11-7-12(8-16)5-6-15(11)20(18,19)17-9-13-3-2-4-14(13)10-17/h5-7,13-14H,2-4,8-10,16H2,1H3. The fourth-order valence-corrected chi connectivity index (χ4v) is 5.41. The maximum absolute atomic E-state index is 12.8. The zero-order chi connectivity index (χ0) is 14.3. The summed E-state index contributed by atoms with van der Waals surface area (Å²) in [4.78, 5) is 0.440. The summed E-state index contributed by atoms with van der Waals surface area (Å²) >= 11 is 0. The molecule has 5 heteroatoms. The molecular weight excluding hydrogens is 272 g/mol. The Balaban J connectivity index is 1.89. The minimum atomic E-state index is -3.34. The van der Waals surface area contributed by atoms with Crippen LogP contribution in [0.3, 0.4) is 0 Å². The van der Waals surface area contributed by atoms with Crippen LogP contribution < -0.4 is 5.73 Å². The largest absolute Gasteiger partial charge is 0.326 e. The maximum atomic E-state index is 12.8. The molecular formula is C15H22N2O2S. The molecule has 4 nitrogen and oxygen atoms in total. The molecule has 1 aromatic rings. The van der Waals surface area contributed by atoms with E-state index in [4.69, 9.17) is 5.73 Å². The van der Waals surface area contributed by atoms with Gasteiger partial charge in [-0.2, -0.15) is 4.31 Å². The van der Waals surface area contributed by atoms with E-state index in [0.29, 0.717) is 36.4 Å². The number of hydrogen-bond acceptors (Lipinski definition) is 3. The highest BCUT2D eigenvalue weighted by atomic mass is 32.2. The first kappa shape index (κ1) is 14.0. The molecule has 2 aliphatic rings. The maximum Gasteiger partial charge on any atom is 0.243 e. The predicted octanol–water partition coefficient (Wildman–Crippen LogP) is 1.87. The van der Waals surface area contributed by atoms with Crippen LogP contribution in [-0.2, 0) is 16.6 Å². The Morgan fingerprint density at radius 2 is 1.90 bits per heavy atom. The molecule has 1 aliphatic carbocycles. The van der Waals surface area contributed by atoms with Crippen molar-refractivity contribution in [3.63, 3.8) is 0 Å². The van der Waals surface area contributed by atoms with Crippen LogP contribution in [0.25, 0.3) is 0 Å². The molecule has 0 radical (unpaired) electrons. The summed E-state index contributed by atoms with van der Waals surface area (Å²) in [5.41, 5.74) is 7.37. The van der Waals surface area contributed by atoms with Crippen molar-refractivity contribution in [1.82, 2.24) is 4.31 Å². The van der Waals surface area contributed by atoms with Crippen LogP contribution in [-0.4, -0.2) is 25.8 Å². The van der Waals surface area contributed by atoms with E-state index in [-0.39, 0.29) is 0 Å². The predicted molar refractivity (Wildman–Crippen MR) is 78.7 cm³/mol. The zero-order valence-electron chi connectivity index (χ0n) is 11.9. The van der Waals surface area contributed by atoms with Gasteiger partial charge in [0.15, 0.2) is 0 Å². The number of hydrogen-bond donors (Lipinski definition) is 1. The number of nitrogens with zero attached hydrogens (tertiary/aromatic N) is 1. The Kier molecular flexibility index (Phi) is 3.60. The summed E-state index contributed by atoms with van der Waals surface area (Å²) in [7, 11) is -3.34. The van der Waals surface area contributed by atoms with Crippen LogP contribution in [0, 0.1) is 18.8 Å². The summed E-state index contributed by atoms with van der Waals surface area (Å²) in [5, 5.41) is 0. The van der Waals surface area contributed by atoms with Crippen molar-refractivity contribution in [1.29, 1.82) is 0 Å². The van der Waals surface area contributed by atoms with Gasteiger partial charge in [-0.15, -0.1) is 0 Å². The lowest BCUT2D eigenvalue weighted by Gasteiger charge is -2.19. The molecule has 3 rings (SSSR count). The molecule has 0 bridgehead atoms. The molecule has 1 aromatic carbocycles. The first-order valence-corrected chi connectivity index (χ1v) is 8.76. The van der Waals surface area contributed by atoms with E-state index in [1.807, 2.05) is 19.1 Å². The number of aryl methyl sites for hydroxylation is 1. The summed E-state index contributed by atoms with van der Waals surface area (Å²) in [6.45, 7) is 3.69. The van der Waals surface area contributed by atoms with Crippen LogP contribution in [0.2, 0.25) is 0 Å². The Labute approximate surface area is 121 Å². The molecule has 1 saturated heterocycles. The van der Waals surface area contributed by atoms with Gasteiger partial charge < -0.3 is 5.73 Å². The van der Waals surface area contributed by atoms with Crippen molar-refractivity contribution < 1.29 is 8.42 Å². The minimum absolute atomic E-state index is 0.440. The van der Waals surface area contributed by atoms with E-state index < -0.39 is 10.0 Å². The molecule has 1 aliphatic heterocycles. The average molecular weight is 294 g/mol. The van der Waals surface area contributed by atoms with Gasteiger partial charge in [-0.25, -0.2) is 8.42 Å². The molecule has 1 saturated carbocycles. The van der Waals surface area contributed by atoms with Gasteiger partial charge in [-0.3, -0.25) is 0 Å². The Morgan fingerprint density at radius 3 is 2.45 bits per heavy atom. The molecule has 0 spiro atoms. The van der Waals surface area contributed by atoms with Gasteiger partial charge >= 0.3 is 0 Å². The Hall–Kier alpha value is -0.910. The third-order valence-electron chi connectivity index (χ3n) is 4.79. The zero-order valence-corrected chi connectivity index (χ0v) is 12.7. The van der Waals surface area contributed by atoms with Gasteiger partial charge in [0.25, 0.3) is 0 Å². The van der Waals surface area contributed by atoms with Crippen molar-refractivity contribution >= 4 is 10.0 Å². The smallest absolute Gasteiger partial charge is 0.243 e. The Bertz CT molecular complexity index is 600. The van der Waals surface area contributed by atoms with Gasteiger partial charge in [-0.1, -0.05) is 18.6 Å². The number of rotatable bonds is 3. The summed E-state index contributed by atoms with van der Waals surface area (Å²) in [6, 6.07) is 5.40. The van der Waals surface area contributed by atoms with E-state index in [1.54, 1.807) is 10.4 Å². The second-order valence-electron chi connectivity index (χ2n) is 6.08. The molecule has 2 atom stereocenters. The van der Waals surface area contributed by atoms with E-state index in [9.17, 15) is 8.42 Å². The third-order valence-corrected chi connectivity index (χ3v) is 6.78. The van der Waals surface area contributed by atoms with Gasteiger partial charge in [0.2, 0.25) is 10.0 Å².